The third-order valence-corrected chi connectivity index (χ3v) is 2.07. The number of nitrogens with zero attached hydrogens (tertiary/aromatic N) is 2. The molecule has 0 saturated heterocycles. The third kappa shape index (κ3) is 3.57. The Kier molecular flexibility index (Phi) is 3.64. The van der Waals surface area contributed by atoms with Crippen LogP contribution >= 0.6 is 0 Å². The molecule has 0 radical (unpaired) electrons. The molecule has 1 heterocycles. The van der Waals surface area contributed by atoms with E-state index >= 15 is 0 Å². The number of anilines is 2. The Labute approximate surface area is 98.9 Å². The fourth-order valence-electron chi connectivity index (χ4n) is 1.29. The molecule has 0 aliphatic heterocycles. The molecule has 0 bridgehead atoms. The van der Waals surface area contributed by atoms with Crippen LogP contribution in [-0.4, -0.2) is 22.6 Å². The Hall–Kier alpha value is -2.43. The number of nitrogens with one attached hydrogen (secondary N) is 2. The molecule has 2 N–H and O–H groups in total. The van der Waals surface area contributed by atoms with Crippen molar-refractivity contribution in [2.75, 3.05) is 17.2 Å². The Morgan fingerprint density at radius 3 is 2.65 bits per heavy atom. The van der Waals surface area contributed by atoms with Crippen LogP contribution in [0.15, 0.2) is 48.7 Å². The van der Waals surface area contributed by atoms with E-state index < -0.39 is 0 Å². The molecule has 0 fully saturated rings. The van der Waals surface area contributed by atoms with E-state index in [-0.39, 0.29) is 12.5 Å². The molecule has 0 unspecified atom stereocenters. The molecular formula is C12H12N4O. The summed E-state index contributed by atoms with van der Waals surface area (Å²) in [6.45, 7) is 0.195. The first-order valence-electron chi connectivity index (χ1n) is 5.21. The van der Waals surface area contributed by atoms with E-state index in [0.29, 0.717) is 5.82 Å². The van der Waals surface area contributed by atoms with Gasteiger partial charge in [-0.25, -0.2) is 0 Å². The minimum absolute atomic E-state index is 0.158. The lowest BCUT2D eigenvalue weighted by Crippen LogP contribution is -2.22. The first-order chi connectivity index (χ1) is 8.34. The Bertz CT molecular complexity index is 472. The maximum Gasteiger partial charge on any atom is 0.244 e. The van der Waals surface area contributed by atoms with Crippen LogP contribution in [-0.2, 0) is 4.79 Å². The first kappa shape index (κ1) is 11.1. The summed E-state index contributed by atoms with van der Waals surface area (Å²) in [6.07, 6.45) is 1.55. The van der Waals surface area contributed by atoms with E-state index in [9.17, 15) is 4.79 Å². The second kappa shape index (κ2) is 5.60. The Morgan fingerprint density at radius 1 is 1.12 bits per heavy atom. The minimum atomic E-state index is -0.158. The van der Waals surface area contributed by atoms with Gasteiger partial charge >= 0.3 is 0 Å². The Balaban J connectivity index is 1.83. The van der Waals surface area contributed by atoms with Crippen molar-refractivity contribution in [1.29, 1.82) is 0 Å². The van der Waals surface area contributed by atoms with Crippen molar-refractivity contribution in [2.45, 2.75) is 0 Å². The number of hydrogen-bond donors (Lipinski definition) is 2. The van der Waals surface area contributed by atoms with Crippen LogP contribution < -0.4 is 10.6 Å². The molecule has 0 spiro atoms. The third-order valence-electron chi connectivity index (χ3n) is 2.07. The summed E-state index contributed by atoms with van der Waals surface area (Å²) in [5.74, 6) is 0.293. The average Bonchev–Trinajstić information content (AvgIpc) is 2.39. The van der Waals surface area contributed by atoms with Gasteiger partial charge in [0.1, 0.15) is 0 Å². The lowest BCUT2D eigenvalue weighted by atomic mass is 10.3. The zero-order valence-corrected chi connectivity index (χ0v) is 9.13. The van der Waals surface area contributed by atoms with Gasteiger partial charge in [0.25, 0.3) is 0 Å². The first-order valence-corrected chi connectivity index (χ1v) is 5.21. The van der Waals surface area contributed by atoms with Gasteiger partial charge < -0.3 is 10.6 Å². The molecule has 0 saturated carbocycles. The number of carbonyl (C=O) groups is 1. The van der Waals surface area contributed by atoms with Crippen molar-refractivity contribution < 1.29 is 4.79 Å². The number of rotatable bonds is 4. The summed E-state index contributed by atoms with van der Waals surface area (Å²) in [7, 11) is 0. The highest BCUT2D eigenvalue weighted by atomic mass is 16.2. The van der Waals surface area contributed by atoms with Crippen molar-refractivity contribution >= 4 is 17.4 Å². The van der Waals surface area contributed by atoms with Gasteiger partial charge in [0.2, 0.25) is 5.91 Å². The Morgan fingerprint density at radius 2 is 1.94 bits per heavy atom. The molecule has 1 amide bonds. The predicted octanol–water partition coefficient (Wildman–Crippen LogP) is 1.53. The molecule has 2 aromatic rings. The quantitative estimate of drug-likeness (QED) is 0.832. The fourth-order valence-corrected chi connectivity index (χ4v) is 1.29. The molecule has 1 aromatic carbocycles. The molecule has 17 heavy (non-hydrogen) atoms. The molecule has 0 atom stereocenters. The summed E-state index contributed by atoms with van der Waals surface area (Å²) in [4.78, 5) is 11.5. The van der Waals surface area contributed by atoms with Gasteiger partial charge in [-0.15, -0.1) is 5.10 Å². The highest BCUT2D eigenvalue weighted by Gasteiger charge is 2.02. The highest BCUT2D eigenvalue weighted by Crippen LogP contribution is 2.04. The summed E-state index contributed by atoms with van der Waals surface area (Å²) < 4.78 is 0. The van der Waals surface area contributed by atoms with Gasteiger partial charge in [-0.2, -0.15) is 5.10 Å². The van der Waals surface area contributed by atoms with Crippen LogP contribution in [0.3, 0.4) is 0 Å². The number of aromatic nitrogens is 2. The largest absolute Gasteiger partial charge is 0.376 e. The van der Waals surface area contributed by atoms with E-state index in [1.807, 2.05) is 30.3 Å². The zero-order chi connectivity index (χ0) is 11.9. The number of hydrogen-bond acceptors (Lipinski definition) is 4. The topological polar surface area (TPSA) is 66.9 Å². The zero-order valence-electron chi connectivity index (χ0n) is 9.13. The molecule has 5 nitrogen and oxygen atoms in total. The standard InChI is InChI=1S/C12H12N4O/c17-12(15-11-7-4-8-14-16-11)9-13-10-5-2-1-3-6-10/h1-8,13H,9H2,(H,15,16,17). The molecule has 86 valence electrons. The van der Waals surface area contributed by atoms with Crippen LogP contribution in [0.2, 0.25) is 0 Å². The van der Waals surface area contributed by atoms with E-state index in [2.05, 4.69) is 20.8 Å². The van der Waals surface area contributed by atoms with Gasteiger partial charge in [-0.1, -0.05) is 18.2 Å². The van der Waals surface area contributed by atoms with E-state index in [1.54, 1.807) is 18.3 Å². The summed E-state index contributed by atoms with van der Waals surface area (Å²) in [5, 5.41) is 13.1. The maximum absolute atomic E-state index is 11.5. The van der Waals surface area contributed by atoms with Crippen LogP contribution in [0, 0.1) is 0 Å². The molecule has 5 heteroatoms. The van der Waals surface area contributed by atoms with Crippen LogP contribution in [0.1, 0.15) is 0 Å². The van der Waals surface area contributed by atoms with Gasteiger partial charge in [0.05, 0.1) is 6.54 Å². The second-order valence-corrected chi connectivity index (χ2v) is 3.38. The number of benzene rings is 1. The SMILES string of the molecule is O=C(CNc1ccccc1)Nc1cccnn1. The number of carbonyl (C=O) groups excluding carboxylic acids is 1. The van der Waals surface area contributed by atoms with Gasteiger partial charge in [0, 0.05) is 11.9 Å². The van der Waals surface area contributed by atoms with Gasteiger partial charge in [-0.3, -0.25) is 4.79 Å². The lowest BCUT2D eigenvalue weighted by molar-refractivity contribution is -0.114. The van der Waals surface area contributed by atoms with Crippen molar-refractivity contribution in [3.05, 3.63) is 48.7 Å². The van der Waals surface area contributed by atoms with Gasteiger partial charge in [0.15, 0.2) is 5.82 Å². The molecular weight excluding hydrogens is 216 g/mol. The monoisotopic (exact) mass is 228 g/mol. The molecule has 1 aromatic heterocycles. The van der Waals surface area contributed by atoms with Crippen LogP contribution in [0.4, 0.5) is 11.5 Å². The van der Waals surface area contributed by atoms with Crippen LogP contribution in [0.25, 0.3) is 0 Å². The predicted molar refractivity (Wildman–Crippen MR) is 65.6 cm³/mol. The lowest BCUT2D eigenvalue weighted by Gasteiger charge is -2.06. The van der Waals surface area contributed by atoms with Crippen LogP contribution in [0.5, 0.6) is 0 Å². The highest BCUT2D eigenvalue weighted by molar-refractivity contribution is 5.92. The van der Waals surface area contributed by atoms with Crippen molar-refractivity contribution in [2.24, 2.45) is 0 Å². The van der Waals surface area contributed by atoms with Gasteiger partial charge in [-0.05, 0) is 24.3 Å². The second-order valence-electron chi connectivity index (χ2n) is 3.38. The minimum Gasteiger partial charge on any atom is -0.376 e. The summed E-state index contributed by atoms with van der Waals surface area (Å²) in [5.41, 5.74) is 0.904. The maximum atomic E-state index is 11.5. The van der Waals surface area contributed by atoms with Crippen molar-refractivity contribution in [3.8, 4) is 0 Å². The van der Waals surface area contributed by atoms with E-state index in [0.717, 1.165) is 5.69 Å². The normalized spacial score (nSPS) is 9.65. The van der Waals surface area contributed by atoms with E-state index in [4.69, 9.17) is 0 Å². The number of amides is 1. The molecule has 0 aliphatic carbocycles. The van der Waals surface area contributed by atoms with Crippen molar-refractivity contribution in [3.63, 3.8) is 0 Å². The summed E-state index contributed by atoms with van der Waals surface area (Å²) >= 11 is 0. The van der Waals surface area contributed by atoms with E-state index in [1.165, 1.54) is 0 Å². The molecule has 2 rings (SSSR count). The average molecular weight is 228 g/mol. The smallest absolute Gasteiger partial charge is 0.244 e. The van der Waals surface area contributed by atoms with Crippen molar-refractivity contribution in [1.82, 2.24) is 10.2 Å². The molecule has 0 aliphatic rings. The number of para-hydroxylation sites is 1. The fraction of sp³-hybridized carbons (Fsp3) is 0.0833. The summed E-state index contributed by atoms with van der Waals surface area (Å²) in [6, 6.07) is 12.9.